The number of sulfonamides is 1. The SMILES string of the molecule is Cc1cc(C)nc(NS(=O)(=O)c2ccc([N+]#N)cc2)n1. The van der Waals surface area contributed by atoms with E-state index in [-0.39, 0.29) is 16.5 Å². The Bertz CT molecular complexity index is 758. The highest BCUT2D eigenvalue weighted by molar-refractivity contribution is 7.92. The third-order valence-corrected chi connectivity index (χ3v) is 3.81. The van der Waals surface area contributed by atoms with Gasteiger partial charge < -0.3 is 0 Å². The molecule has 0 aliphatic carbocycles. The number of aryl methyl sites for hydroxylation is 2. The minimum atomic E-state index is -3.77. The van der Waals surface area contributed by atoms with Crippen LogP contribution in [-0.2, 0) is 10.0 Å². The summed E-state index contributed by atoms with van der Waals surface area (Å²) in [5.41, 5.74) is 1.61. The van der Waals surface area contributed by atoms with E-state index in [0.29, 0.717) is 11.4 Å². The summed E-state index contributed by atoms with van der Waals surface area (Å²) in [7, 11) is -3.77. The average molecular weight is 290 g/mol. The van der Waals surface area contributed by atoms with E-state index in [4.69, 9.17) is 5.39 Å². The highest BCUT2D eigenvalue weighted by atomic mass is 32.2. The summed E-state index contributed by atoms with van der Waals surface area (Å²) in [5, 5.41) is 8.57. The first-order chi connectivity index (χ1) is 9.40. The summed E-state index contributed by atoms with van der Waals surface area (Å²) in [6, 6.07) is 7.18. The average Bonchev–Trinajstić information content (AvgIpc) is 2.37. The molecule has 0 bridgehead atoms. The Kier molecular flexibility index (Phi) is 3.63. The normalized spacial score (nSPS) is 10.8. The summed E-state index contributed by atoms with van der Waals surface area (Å²) in [6.07, 6.45) is 0. The number of benzene rings is 1. The largest absolute Gasteiger partial charge is 0.385 e. The van der Waals surface area contributed by atoms with Crippen molar-refractivity contribution >= 4 is 21.7 Å². The second-order valence-corrected chi connectivity index (χ2v) is 5.86. The van der Waals surface area contributed by atoms with E-state index in [1.807, 2.05) is 0 Å². The van der Waals surface area contributed by atoms with Crippen LogP contribution < -0.4 is 4.72 Å². The summed E-state index contributed by atoms with van der Waals surface area (Å²) < 4.78 is 26.6. The van der Waals surface area contributed by atoms with Gasteiger partial charge in [0.2, 0.25) is 11.3 Å². The van der Waals surface area contributed by atoms with Crippen LogP contribution in [0.15, 0.2) is 35.2 Å². The molecule has 0 saturated carbocycles. The molecular formula is C12H12N5O2S+. The van der Waals surface area contributed by atoms with E-state index in [1.54, 1.807) is 19.9 Å². The smallest absolute Gasteiger partial charge is 0.247 e. The molecule has 0 unspecified atom stereocenters. The molecule has 0 aliphatic rings. The lowest BCUT2D eigenvalue weighted by Crippen LogP contribution is -2.15. The van der Waals surface area contributed by atoms with Gasteiger partial charge in [0, 0.05) is 23.5 Å². The minimum absolute atomic E-state index is 0.0263. The Morgan fingerprint density at radius 3 is 2.15 bits per heavy atom. The molecule has 20 heavy (non-hydrogen) atoms. The Morgan fingerprint density at radius 2 is 1.65 bits per heavy atom. The molecule has 2 aromatic rings. The Labute approximate surface area is 116 Å². The van der Waals surface area contributed by atoms with Crippen LogP contribution in [0.25, 0.3) is 4.98 Å². The third-order valence-electron chi connectivity index (χ3n) is 2.47. The summed E-state index contributed by atoms with van der Waals surface area (Å²) >= 11 is 0. The molecule has 2 rings (SSSR count). The lowest BCUT2D eigenvalue weighted by molar-refractivity contribution is 0.601. The molecule has 102 valence electrons. The molecule has 8 heteroatoms. The number of hydrogen-bond acceptors (Lipinski definition) is 5. The van der Waals surface area contributed by atoms with Crippen molar-refractivity contribution in [3.05, 3.63) is 46.7 Å². The van der Waals surface area contributed by atoms with Crippen LogP contribution in [0, 0.1) is 19.2 Å². The molecule has 0 saturated heterocycles. The molecule has 0 amide bonds. The van der Waals surface area contributed by atoms with Crippen molar-refractivity contribution in [2.24, 2.45) is 0 Å². The van der Waals surface area contributed by atoms with Crippen LogP contribution in [0.3, 0.4) is 0 Å². The van der Waals surface area contributed by atoms with Gasteiger partial charge >= 0.3 is 5.69 Å². The van der Waals surface area contributed by atoms with Crippen molar-refractivity contribution in [3.63, 3.8) is 0 Å². The van der Waals surface area contributed by atoms with Crippen LogP contribution in [-0.4, -0.2) is 18.4 Å². The zero-order chi connectivity index (χ0) is 14.8. The van der Waals surface area contributed by atoms with Crippen LogP contribution in [0.2, 0.25) is 0 Å². The number of nitrogens with zero attached hydrogens (tertiary/aromatic N) is 4. The highest BCUT2D eigenvalue weighted by Crippen LogP contribution is 2.18. The monoisotopic (exact) mass is 290 g/mol. The first-order valence-corrected chi connectivity index (χ1v) is 7.19. The van der Waals surface area contributed by atoms with E-state index >= 15 is 0 Å². The van der Waals surface area contributed by atoms with Gasteiger partial charge in [-0.2, -0.15) is 0 Å². The first kappa shape index (κ1) is 13.9. The van der Waals surface area contributed by atoms with Crippen molar-refractivity contribution < 1.29 is 8.42 Å². The fraction of sp³-hybridized carbons (Fsp3) is 0.167. The van der Waals surface area contributed by atoms with Crippen molar-refractivity contribution in [1.82, 2.24) is 9.97 Å². The second kappa shape index (κ2) is 5.22. The van der Waals surface area contributed by atoms with E-state index in [0.717, 1.165) is 0 Å². The van der Waals surface area contributed by atoms with Gasteiger partial charge in [-0.25, -0.2) is 23.1 Å². The van der Waals surface area contributed by atoms with Crippen molar-refractivity contribution in [3.8, 4) is 0 Å². The number of diazo groups is 1. The van der Waals surface area contributed by atoms with E-state index in [9.17, 15) is 8.42 Å². The maximum atomic E-state index is 12.1. The van der Waals surface area contributed by atoms with Gasteiger partial charge in [-0.15, -0.1) is 0 Å². The predicted molar refractivity (Wildman–Crippen MR) is 73.5 cm³/mol. The number of anilines is 1. The summed E-state index contributed by atoms with van der Waals surface area (Å²) in [6.45, 7) is 3.51. The predicted octanol–water partition coefficient (Wildman–Crippen LogP) is 2.38. The van der Waals surface area contributed by atoms with Crippen molar-refractivity contribution in [1.29, 1.82) is 5.39 Å². The second-order valence-electron chi connectivity index (χ2n) is 4.17. The van der Waals surface area contributed by atoms with Crippen LogP contribution in [0.1, 0.15) is 11.4 Å². The molecule has 1 aromatic carbocycles. The van der Waals surface area contributed by atoms with Gasteiger partial charge in [-0.3, -0.25) is 0 Å². The lowest BCUT2D eigenvalue weighted by atomic mass is 10.3. The maximum Gasteiger partial charge on any atom is 0.385 e. The highest BCUT2D eigenvalue weighted by Gasteiger charge is 2.17. The van der Waals surface area contributed by atoms with Crippen LogP contribution in [0.5, 0.6) is 0 Å². The summed E-state index contributed by atoms with van der Waals surface area (Å²) in [5.74, 6) is 0.0263. The van der Waals surface area contributed by atoms with E-state index < -0.39 is 10.0 Å². The quantitative estimate of drug-likeness (QED) is 0.875. The molecule has 1 N–H and O–H groups in total. The fourth-order valence-corrected chi connectivity index (χ4v) is 2.59. The fourth-order valence-electron chi connectivity index (χ4n) is 1.64. The number of nitrogens with one attached hydrogen (secondary N) is 1. The molecule has 1 heterocycles. The molecule has 0 spiro atoms. The Balaban J connectivity index is 2.33. The number of rotatable bonds is 3. The zero-order valence-corrected chi connectivity index (χ0v) is 11.7. The molecule has 7 nitrogen and oxygen atoms in total. The van der Waals surface area contributed by atoms with Gasteiger partial charge in [0.1, 0.15) is 0 Å². The van der Waals surface area contributed by atoms with Crippen molar-refractivity contribution in [2.45, 2.75) is 18.7 Å². The Morgan fingerprint density at radius 1 is 1.10 bits per heavy atom. The Hall–Kier alpha value is -2.53. The van der Waals surface area contributed by atoms with E-state index in [1.165, 1.54) is 24.3 Å². The molecular weight excluding hydrogens is 278 g/mol. The van der Waals surface area contributed by atoms with Gasteiger partial charge in [0.25, 0.3) is 10.0 Å². The lowest BCUT2D eigenvalue weighted by Gasteiger charge is -2.07. The zero-order valence-electron chi connectivity index (χ0n) is 10.9. The molecule has 0 fully saturated rings. The standard InChI is InChI=1S/C12H12N5O2S/c1-8-7-9(2)15-12(14-8)17-20(18,19)11-5-3-10(16-13)4-6-11/h3-7H,1-2H3,(H,14,15,17)/q+1. The van der Waals surface area contributed by atoms with Crippen molar-refractivity contribution in [2.75, 3.05) is 4.72 Å². The van der Waals surface area contributed by atoms with Gasteiger partial charge in [-0.1, -0.05) is 0 Å². The maximum absolute atomic E-state index is 12.1. The third kappa shape index (κ3) is 3.07. The van der Waals surface area contributed by atoms with E-state index in [2.05, 4.69) is 19.7 Å². The molecule has 0 aliphatic heterocycles. The topological polar surface area (TPSA) is 100 Å². The number of hydrogen-bond donors (Lipinski definition) is 1. The van der Waals surface area contributed by atoms with Gasteiger partial charge in [0.15, 0.2) is 4.98 Å². The van der Waals surface area contributed by atoms with Crippen LogP contribution >= 0.6 is 0 Å². The minimum Gasteiger partial charge on any atom is -0.247 e. The first-order valence-electron chi connectivity index (χ1n) is 5.71. The summed E-state index contributed by atoms with van der Waals surface area (Å²) in [4.78, 5) is 11.0. The number of aromatic nitrogens is 2. The molecule has 1 aromatic heterocycles. The van der Waals surface area contributed by atoms with Gasteiger partial charge in [-0.05, 0) is 32.0 Å². The molecule has 0 radical (unpaired) electrons. The van der Waals surface area contributed by atoms with Gasteiger partial charge in [0.05, 0.1) is 4.90 Å². The molecule has 0 atom stereocenters. The van der Waals surface area contributed by atoms with Crippen LogP contribution in [0.4, 0.5) is 11.6 Å².